The molecule has 2 aliphatic rings. The molecule has 1 aromatic carbocycles. The predicted octanol–water partition coefficient (Wildman–Crippen LogP) is 5.58. The molecule has 2 aromatic rings. The average molecular weight is 576 g/mol. The summed E-state index contributed by atoms with van der Waals surface area (Å²) in [6.45, 7) is 9.01. The number of carbonyl (C=O) groups is 3. The van der Waals surface area contributed by atoms with Crippen molar-refractivity contribution >= 4 is 46.4 Å². The number of halogens is 1. The van der Waals surface area contributed by atoms with E-state index in [9.17, 15) is 14.4 Å². The van der Waals surface area contributed by atoms with Crippen LogP contribution in [0.1, 0.15) is 68.1 Å². The summed E-state index contributed by atoms with van der Waals surface area (Å²) < 4.78 is 11.6. The number of esters is 1. The molecule has 10 heteroatoms. The van der Waals surface area contributed by atoms with E-state index < -0.39 is 0 Å². The highest BCUT2D eigenvalue weighted by atomic mass is 35.5. The van der Waals surface area contributed by atoms with Crippen molar-refractivity contribution in [3.8, 4) is 5.75 Å². The van der Waals surface area contributed by atoms with E-state index in [4.69, 9.17) is 21.1 Å². The van der Waals surface area contributed by atoms with Crippen molar-refractivity contribution in [1.82, 2.24) is 9.80 Å². The quantitative estimate of drug-likeness (QED) is 0.272. The van der Waals surface area contributed by atoms with Crippen LogP contribution in [0.25, 0.3) is 0 Å². The molecular weight excluding hydrogens is 538 g/mol. The van der Waals surface area contributed by atoms with Crippen LogP contribution >= 0.6 is 22.9 Å². The molecule has 0 saturated carbocycles. The lowest BCUT2D eigenvalue weighted by molar-refractivity contribution is -0.150. The van der Waals surface area contributed by atoms with Gasteiger partial charge in [0.2, 0.25) is 12.7 Å². The molecule has 2 amide bonds. The molecular formula is C29H38ClN3O5S. The molecule has 2 aliphatic heterocycles. The molecule has 212 valence electrons. The Morgan fingerprint density at radius 1 is 1.13 bits per heavy atom. The summed E-state index contributed by atoms with van der Waals surface area (Å²) in [5.74, 6) is 0.326. The molecule has 0 N–H and O–H groups in total. The van der Waals surface area contributed by atoms with Crippen LogP contribution in [0.2, 0.25) is 4.34 Å². The summed E-state index contributed by atoms with van der Waals surface area (Å²) in [5, 5.41) is 0. The lowest BCUT2D eigenvalue weighted by Crippen LogP contribution is -2.42. The van der Waals surface area contributed by atoms with Crippen LogP contribution < -0.4 is 9.64 Å². The second kappa shape index (κ2) is 13.6. The first-order chi connectivity index (χ1) is 18.8. The predicted molar refractivity (Wildman–Crippen MR) is 153 cm³/mol. The number of fused-ring (bicyclic) bond motifs is 1. The molecule has 39 heavy (non-hydrogen) atoms. The molecule has 0 spiro atoms. The number of piperidine rings is 1. The van der Waals surface area contributed by atoms with E-state index >= 15 is 0 Å². The molecule has 1 aromatic heterocycles. The third-order valence-corrected chi connectivity index (χ3v) is 8.69. The number of likely N-dealkylation sites (tertiary alicyclic amines) is 1. The molecule has 0 radical (unpaired) electrons. The van der Waals surface area contributed by atoms with E-state index in [2.05, 4.69) is 18.7 Å². The molecule has 0 atom stereocenters. The van der Waals surface area contributed by atoms with Gasteiger partial charge in [-0.25, -0.2) is 0 Å². The molecule has 4 rings (SSSR count). The monoisotopic (exact) mass is 575 g/mol. The van der Waals surface area contributed by atoms with Crippen LogP contribution in [0.5, 0.6) is 5.75 Å². The first-order valence-corrected chi connectivity index (χ1v) is 15.0. The maximum Gasteiger partial charge on any atom is 0.308 e. The molecule has 8 nitrogen and oxygen atoms in total. The number of thiophene rings is 1. The summed E-state index contributed by atoms with van der Waals surface area (Å²) in [6, 6.07) is 9.44. The zero-order chi connectivity index (χ0) is 27.9. The third-order valence-electron chi connectivity index (χ3n) is 7.48. The smallest absolute Gasteiger partial charge is 0.308 e. The Morgan fingerprint density at radius 3 is 2.56 bits per heavy atom. The standard InChI is InChI=1S/C29H38ClN3O5S/c1-4-6-28(35)38-19-37-24-8-5-7-23-22(24)17-32(29(36)25-9-10-26(30)39-25)18-27(34)33(23)16-13-21-11-14-31(15-12-21)20(2)3/h5,7-10,20-21H,4,6,11-19H2,1-3H3. The second-order valence-corrected chi connectivity index (χ2v) is 12.2. The second-order valence-electron chi connectivity index (χ2n) is 10.5. The zero-order valence-electron chi connectivity index (χ0n) is 23.0. The Morgan fingerprint density at radius 2 is 1.90 bits per heavy atom. The molecule has 3 heterocycles. The fourth-order valence-electron chi connectivity index (χ4n) is 5.21. The first-order valence-electron chi connectivity index (χ1n) is 13.8. The van der Waals surface area contributed by atoms with Crippen molar-refractivity contribution in [2.45, 2.75) is 65.5 Å². The molecule has 0 bridgehead atoms. The largest absolute Gasteiger partial charge is 0.457 e. The summed E-state index contributed by atoms with van der Waals surface area (Å²) in [4.78, 5) is 45.2. The van der Waals surface area contributed by atoms with Gasteiger partial charge in [-0.15, -0.1) is 11.3 Å². The van der Waals surface area contributed by atoms with E-state index in [1.54, 1.807) is 28.0 Å². The molecule has 1 fully saturated rings. The van der Waals surface area contributed by atoms with Crippen molar-refractivity contribution in [3.63, 3.8) is 0 Å². The van der Waals surface area contributed by atoms with Gasteiger partial charge in [0, 0.05) is 24.6 Å². The van der Waals surface area contributed by atoms with Gasteiger partial charge in [0.05, 0.1) is 21.4 Å². The van der Waals surface area contributed by atoms with Crippen LogP contribution in [0.15, 0.2) is 30.3 Å². The van der Waals surface area contributed by atoms with Gasteiger partial charge in [-0.3, -0.25) is 14.4 Å². The van der Waals surface area contributed by atoms with Gasteiger partial charge in [0.15, 0.2) is 0 Å². The van der Waals surface area contributed by atoms with E-state index in [-0.39, 0.29) is 37.7 Å². The Kier molecular flexibility index (Phi) is 10.3. The number of hydrogen-bond acceptors (Lipinski definition) is 7. The van der Waals surface area contributed by atoms with Gasteiger partial charge >= 0.3 is 5.97 Å². The van der Waals surface area contributed by atoms with Crippen molar-refractivity contribution in [2.75, 3.05) is 37.9 Å². The van der Waals surface area contributed by atoms with Crippen molar-refractivity contribution in [2.24, 2.45) is 5.92 Å². The number of benzene rings is 1. The number of anilines is 1. The van der Waals surface area contributed by atoms with Crippen LogP contribution in [0.4, 0.5) is 5.69 Å². The van der Waals surface area contributed by atoms with Gasteiger partial charge in [-0.05, 0) is 82.8 Å². The first kappa shape index (κ1) is 29.4. The summed E-state index contributed by atoms with van der Waals surface area (Å²) >= 11 is 7.28. The Balaban J connectivity index is 1.55. The number of carbonyl (C=O) groups excluding carboxylic acids is 3. The van der Waals surface area contributed by atoms with Crippen molar-refractivity contribution in [3.05, 3.63) is 45.1 Å². The highest BCUT2D eigenvalue weighted by Crippen LogP contribution is 2.35. The Bertz CT molecular complexity index is 1160. The fourth-order valence-corrected chi connectivity index (χ4v) is 6.22. The third kappa shape index (κ3) is 7.52. The van der Waals surface area contributed by atoms with E-state index in [1.165, 1.54) is 11.3 Å². The van der Waals surface area contributed by atoms with Gasteiger partial charge in [-0.1, -0.05) is 24.6 Å². The number of rotatable bonds is 10. The number of ether oxygens (including phenoxy) is 2. The molecule has 1 saturated heterocycles. The van der Waals surface area contributed by atoms with Gasteiger partial charge < -0.3 is 24.2 Å². The number of nitrogens with zero attached hydrogens (tertiary/aromatic N) is 3. The topological polar surface area (TPSA) is 79.4 Å². The van der Waals surface area contributed by atoms with E-state index in [0.29, 0.717) is 46.3 Å². The highest BCUT2D eigenvalue weighted by Gasteiger charge is 2.32. The lowest BCUT2D eigenvalue weighted by Gasteiger charge is -2.35. The van der Waals surface area contributed by atoms with Gasteiger partial charge in [-0.2, -0.15) is 0 Å². The van der Waals surface area contributed by atoms with E-state index in [1.807, 2.05) is 19.1 Å². The van der Waals surface area contributed by atoms with E-state index in [0.717, 1.165) is 43.6 Å². The minimum absolute atomic E-state index is 0.0419. The minimum atomic E-state index is -0.328. The van der Waals surface area contributed by atoms with Gasteiger partial charge in [0.1, 0.15) is 12.3 Å². The average Bonchev–Trinajstić information content (AvgIpc) is 3.29. The minimum Gasteiger partial charge on any atom is -0.457 e. The van der Waals surface area contributed by atoms with Gasteiger partial charge in [0.25, 0.3) is 5.91 Å². The number of hydrogen-bond donors (Lipinski definition) is 0. The fraction of sp³-hybridized carbons (Fsp3) is 0.552. The summed E-state index contributed by atoms with van der Waals surface area (Å²) in [6.07, 6.45) is 4.13. The Labute approximate surface area is 239 Å². The van der Waals surface area contributed by atoms with Crippen LogP contribution in [-0.2, 0) is 20.9 Å². The summed E-state index contributed by atoms with van der Waals surface area (Å²) in [7, 11) is 0. The van der Waals surface area contributed by atoms with Crippen LogP contribution in [0, 0.1) is 5.92 Å². The maximum atomic E-state index is 13.6. The lowest BCUT2D eigenvalue weighted by atomic mass is 9.92. The number of amides is 2. The Hall–Kier alpha value is -2.62. The van der Waals surface area contributed by atoms with Crippen molar-refractivity contribution in [1.29, 1.82) is 0 Å². The van der Waals surface area contributed by atoms with Crippen LogP contribution in [0.3, 0.4) is 0 Å². The normalized spacial score (nSPS) is 16.8. The molecule has 0 unspecified atom stereocenters. The van der Waals surface area contributed by atoms with Crippen molar-refractivity contribution < 1.29 is 23.9 Å². The SMILES string of the molecule is CCCC(=O)OCOc1cccc2c1CN(C(=O)c1ccc(Cl)s1)CC(=O)N2CCC1CCN(C(C)C)CC1. The summed E-state index contributed by atoms with van der Waals surface area (Å²) in [5.41, 5.74) is 1.46. The maximum absolute atomic E-state index is 13.6. The molecule has 0 aliphatic carbocycles. The van der Waals surface area contributed by atoms with Crippen LogP contribution in [-0.4, -0.2) is 66.6 Å². The zero-order valence-corrected chi connectivity index (χ0v) is 24.6. The highest BCUT2D eigenvalue weighted by molar-refractivity contribution is 7.18.